The molecule has 0 N–H and O–H groups in total. The highest BCUT2D eigenvalue weighted by atomic mass is 16.2. The fourth-order valence-electron chi connectivity index (χ4n) is 3.88. The second kappa shape index (κ2) is 7.32. The van der Waals surface area contributed by atoms with Crippen molar-refractivity contribution in [2.75, 3.05) is 26.2 Å². The summed E-state index contributed by atoms with van der Waals surface area (Å²) in [5.74, 6) is 0.681. The summed E-state index contributed by atoms with van der Waals surface area (Å²) in [7, 11) is 0. The third-order valence-electron chi connectivity index (χ3n) is 5.47. The van der Waals surface area contributed by atoms with Crippen LogP contribution in [0.5, 0.6) is 0 Å². The Balaban J connectivity index is 1.36. The minimum absolute atomic E-state index is 0.0570. The highest BCUT2D eigenvalue weighted by Gasteiger charge is 2.26. The number of benzene rings is 2. The van der Waals surface area contributed by atoms with E-state index < -0.39 is 0 Å². The zero-order chi connectivity index (χ0) is 17.9. The van der Waals surface area contributed by atoms with Gasteiger partial charge >= 0.3 is 0 Å². The van der Waals surface area contributed by atoms with Crippen LogP contribution in [-0.2, 0) is 4.79 Å². The summed E-state index contributed by atoms with van der Waals surface area (Å²) in [4.78, 5) is 29.0. The second-order valence-corrected chi connectivity index (χ2v) is 7.20. The van der Waals surface area contributed by atoms with Gasteiger partial charge in [-0.1, -0.05) is 42.5 Å². The topological polar surface area (TPSA) is 40.6 Å². The fourth-order valence-corrected chi connectivity index (χ4v) is 3.88. The summed E-state index contributed by atoms with van der Waals surface area (Å²) >= 11 is 0. The minimum atomic E-state index is 0.0570. The van der Waals surface area contributed by atoms with Crippen molar-refractivity contribution in [1.29, 1.82) is 0 Å². The molecule has 4 heteroatoms. The molecule has 2 aromatic carbocycles. The van der Waals surface area contributed by atoms with Crippen LogP contribution in [0.25, 0.3) is 10.8 Å². The molecule has 4 rings (SSSR count). The van der Waals surface area contributed by atoms with E-state index in [0.717, 1.165) is 29.2 Å². The first-order valence-electron chi connectivity index (χ1n) is 9.43. The maximum atomic E-state index is 12.8. The van der Waals surface area contributed by atoms with Crippen molar-refractivity contribution < 1.29 is 9.59 Å². The van der Waals surface area contributed by atoms with Gasteiger partial charge in [0.15, 0.2) is 0 Å². The van der Waals surface area contributed by atoms with E-state index in [2.05, 4.69) is 12.2 Å². The Hall–Kier alpha value is -2.62. The van der Waals surface area contributed by atoms with Crippen molar-refractivity contribution in [3.05, 3.63) is 60.2 Å². The molecule has 0 bridgehead atoms. The maximum Gasteiger partial charge on any atom is 0.253 e. The van der Waals surface area contributed by atoms with Crippen molar-refractivity contribution in [2.24, 2.45) is 5.92 Å². The number of piperazine rings is 1. The molecule has 0 radical (unpaired) electrons. The van der Waals surface area contributed by atoms with Crippen molar-refractivity contribution in [1.82, 2.24) is 9.80 Å². The molecule has 134 valence electrons. The van der Waals surface area contributed by atoms with E-state index >= 15 is 0 Å². The Kier molecular flexibility index (Phi) is 4.74. The number of carbonyl (C=O) groups is 2. The normalized spacial score (nSPS) is 19.9. The van der Waals surface area contributed by atoms with Crippen LogP contribution >= 0.6 is 0 Å². The largest absolute Gasteiger partial charge is 0.339 e. The van der Waals surface area contributed by atoms with E-state index in [9.17, 15) is 9.59 Å². The number of allylic oxidation sites excluding steroid dienone is 2. The average Bonchev–Trinajstić information content (AvgIpc) is 3.20. The molecule has 2 amide bonds. The number of nitrogens with zero attached hydrogens (tertiary/aromatic N) is 2. The van der Waals surface area contributed by atoms with E-state index in [4.69, 9.17) is 0 Å². The van der Waals surface area contributed by atoms with Crippen LogP contribution in [0.4, 0.5) is 0 Å². The Morgan fingerprint density at radius 3 is 2.38 bits per heavy atom. The van der Waals surface area contributed by atoms with Crippen molar-refractivity contribution >= 4 is 22.6 Å². The maximum absolute atomic E-state index is 12.8. The van der Waals surface area contributed by atoms with Crippen LogP contribution in [0.3, 0.4) is 0 Å². The zero-order valence-corrected chi connectivity index (χ0v) is 14.9. The van der Waals surface area contributed by atoms with Gasteiger partial charge in [0.1, 0.15) is 0 Å². The monoisotopic (exact) mass is 348 g/mol. The van der Waals surface area contributed by atoms with Gasteiger partial charge in [-0.25, -0.2) is 0 Å². The summed E-state index contributed by atoms with van der Waals surface area (Å²) in [6.07, 6.45) is 7.11. The van der Waals surface area contributed by atoms with Crippen LogP contribution < -0.4 is 0 Å². The summed E-state index contributed by atoms with van der Waals surface area (Å²) < 4.78 is 0. The SMILES string of the molecule is O=C(C[C@@H]1C=CCC1)N1CCN(C(=O)c2ccc3ccccc3c2)CC1. The molecule has 1 heterocycles. The molecule has 1 saturated heterocycles. The van der Waals surface area contributed by atoms with E-state index in [0.29, 0.717) is 38.5 Å². The predicted molar refractivity (Wildman–Crippen MR) is 103 cm³/mol. The second-order valence-electron chi connectivity index (χ2n) is 7.20. The lowest BCUT2D eigenvalue weighted by molar-refractivity contribution is -0.133. The lowest BCUT2D eigenvalue weighted by atomic mass is 10.0. The third kappa shape index (κ3) is 3.50. The van der Waals surface area contributed by atoms with Crippen LogP contribution in [-0.4, -0.2) is 47.8 Å². The van der Waals surface area contributed by atoms with Gasteiger partial charge in [-0.15, -0.1) is 0 Å². The lowest BCUT2D eigenvalue weighted by Gasteiger charge is -2.35. The summed E-state index contributed by atoms with van der Waals surface area (Å²) in [6.45, 7) is 2.49. The van der Waals surface area contributed by atoms with Crippen LogP contribution in [0.1, 0.15) is 29.6 Å². The minimum Gasteiger partial charge on any atom is -0.339 e. The highest BCUT2D eigenvalue weighted by molar-refractivity contribution is 5.98. The van der Waals surface area contributed by atoms with Crippen molar-refractivity contribution in [3.63, 3.8) is 0 Å². The molecule has 1 atom stereocenters. The first-order chi connectivity index (χ1) is 12.7. The molecule has 1 aliphatic heterocycles. The number of fused-ring (bicyclic) bond motifs is 1. The quantitative estimate of drug-likeness (QED) is 0.797. The van der Waals surface area contributed by atoms with E-state index in [-0.39, 0.29) is 11.8 Å². The first kappa shape index (κ1) is 16.8. The number of rotatable bonds is 3. The Bertz CT molecular complexity index is 850. The average molecular weight is 348 g/mol. The first-order valence-corrected chi connectivity index (χ1v) is 9.43. The number of carbonyl (C=O) groups excluding carboxylic acids is 2. The number of hydrogen-bond acceptors (Lipinski definition) is 2. The molecular formula is C22H24N2O2. The van der Waals surface area contributed by atoms with Crippen LogP contribution in [0.2, 0.25) is 0 Å². The van der Waals surface area contributed by atoms with Gasteiger partial charge in [-0.05, 0) is 41.7 Å². The number of hydrogen-bond donors (Lipinski definition) is 0. The van der Waals surface area contributed by atoms with Crippen molar-refractivity contribution in [3.8, 4) is 0 Å². The van der Waals surface area contributed by atoms with Gasteiger partial charge in [-0.2, -0.15) is 0 Å². The van der Waals surface area contributed by atoms with Gasteiger partial charge in [0.25, 0.3) is 5.91 Å². The molecule has 0 saturated carbocycles. The summed E-state index contributed by atoms with van der Waals surface area (Å²) in [5.41, 5.74) is 0.722. The predicted octanol–water partition coefficient (Wildman–Crippen LogP) is 3.48. The molecule has 2 aromatic rings. The molecule has 2 aliphatic rings. The fraction of sp³-hybridized carbons (Fsp3) is 0.364. The molecular weight excluding hydrogens is 324 g/mol. The van der Waals surface area contributed by atoms with Crippen molar-refractivity contribution in [2.45, 2.75) is 19.3 Å². The number of amides is 2. The Morgan fingerprint density at radius 2 is 1.65 bits per heavy atom. The van der Waals surface area contributed by atoms with Gasteiger partial charge in [0.2, 0.25) is 5.91 Å². The molecule has 26 heavy (non-hydrogen) atoms. The van der Waals surface area contributed by atoms with Gasteiger partial charge < -0.3 is 9.80 Å². The highest BCUT2D eigenvalue weighted by Crippen LogP contribution is 2.22. The lowest BCUT2D eigenvalue weighted by Crippen LogP contribution is -2.50. The van der Waals surface area contributed by atoms with E-state index in [1.54, 1.807) is 0 Å². The Labute approximate surface area is 154 Å². The van der Waals surface area contributed by atoms with Gasteiger partial charge in [-0.3, -0.25) is 9.59 Å². The molecule has 4 nitrogen and oxygen atoms in total. The molecule has 0 unspecified atom stereocenters. The summed E-state index contributed by atoms with van der Waals surface area (Å²) in [5, 5.41) is 2.22. The summed E-state index contributed by atoms with van der Waals surface area (Å²) in [6, 6.07) is 13.9. The van der Waals surface area contributed by atoms with Gasteiger partial charge in [0.05, 0.1) is 0 Å². The third-order valence-corrected chi connectivity index (χ3v) is 5.47. The van der Waals surface area contributed by atoms with Crippen LogP contribution in [0.15, 0.2) is 54.6 Å². The van der Waals surface area contributed by atoms with Crippen LogP contribution in [0, 0.1) is 5.92 Å². The Morgan fingerprint density at radius 1 is 0.923 bits per heavy atom. The molecule has 1 fully saturated rings. The van der Waals surface area contributed by atoms with E-state index in [1.165, 1.54) is 0 Å². The zero-order valence-electron chi connectivity index (χ0n) is 14.9. The molecule has 0 aromatic heterocycles. The smallest absolute Gasteiger partial charge is 0.253 e. The van der Waals surface area contributed by atoms with Gasteiger partial charge in [0, 0.05) is 38.2 Å². The standard InChI is InChI=1S/C22H24N2O2/c25-21(15-17-5-1-2-6-17)23-11-13-24(14-12-23)22(26)20-10-9-18-7-3-4-8-19(18)16-20/h1,3-5,7-10,16-17H,2,6,11-15H2/t17-/m1/s1. The molecule has 0 spiro atoms. The molecule has 1 aliphatic carbocycles. The van der Waals surface area contributed by atoms with E-state index in [1.807, 2.05) is 52.3 Å².